The van der Waals surface area contributed by atoms with Crippen LogP contribution in [0.2, 0.25) is 5.02 Å². The number of halogens is 4. The molecular formula is C20H25ClF3N5. The van der Waals surface area contributed by atoms with Gasteiger partial charge in [-0.3, -0.25) is 4.90 Å². The maximum absolute atomic E-state index is 13.1. The summed E-state index contributed by atoms with van der Waals surface area (Å²) < 4.78 is 40.5. The highest BCUT2D eigenvalue weighted by Crippen LogP contribution is 2.46. The number of nitrogens with zero attached hydrogens (tertiary/aromatic N) is 4. The molecule has 0 unspecified atom stereocenters. The Kier molecular flexibility index (Phi) is 5.16. The van der Waals surface area contributed by atoms with E-state index in [4.69, 9.17) is 17.3 Å². The third-order valence-electron chi connectivity index (χ3n) is 6.88. The Morgan fingerprint density at radius 1 is 1.14 bits per heavy atom. The Morgan fingerprint density at radius 3 is 2.48 bits per heavy atom. The average molecular weight is 428 g/mol. The fourth-order valence-electron chi connectivity index (χ4n) is 4.84. The van der Waals surface area contributed by atoms with Gasteiger partial charge in [-0.2, -0.15) is 13.2 Å². The van der Waals surface area contributed by atoms with Crippen LogP contribution in [0.4, 0.5) is 13.2 Å². The van der Waals surface area contributed by atoms with Crippen LogP contribution < -0.4 is 5.73 Å². The van der Waals surface area contributed by atoms with Crippen LogP contribution in [0.5, 0.6) is 0 Å². The van der Waals surface area contributed by atoms with E-state index in [0.717, 1.165) is 25.7 Å². The highest BCUT2D eigenvalue weighted by molar-refractivity contribution is 6.30. The Hall–Kier alpha value is -1.64. The van der Waals surface area contributed by atoms with Crippen molar-refractivity contribution in [3.05, 3.63) is 46.5 Å². The van der Waals surface area contributed by atoms with Gasteiger partial charge in [-0.1, -0.05) is 23.7 Å². The van der Waals surface area contributed by atoms with Crippen molar-refractivity contribution in [2.24, 2.45) is 5.73 Å². The summed E-state index contributed by atoms with van der Waals surface area (Å²) in [6, 6.07) is 7.91. The summed E-state index contributed by atoms with van der Waals surface area (Å²) >= 11 is 6.20. The minimum absolute atomic E-state index is 0.104. The minimum Gasteiger partial charge on any atom is -0.330 e. The van der Waals surface area contributed by atoms with Crippen LogP contribution in [-0.2, 0) is 24.7 Å². The molecule has 1 aliphatic heterocycles. The van der Waals surface area contributed by atoms with Gasteiger partial charge in [0.05, 0.1) is 6.54 Å². The molecule has 9 heteroatoms. The summed E-state index contributed by atoms with van der Waals surface area (Å²) in [7, 11) is 0. The summed E-state index contributed by atoms with van der Waals surface area (Å²) in [5.74, 6) is -0.514. The zero-order valence-electron chi connectivity index (χ0n) is 16.3. The van der Waals surface area contributed by atoms with Crippen LogP contribution in [-0.4, -0.2) is 38.3 Å². The second-order valence-electron chi connectivity index (χ2n) is 8.50. The van der Waals surface area contributed by atoms with Gasteiger partial charge in [0.2, 0.25) is 5.82 Å². The van der Waals surface area contributed by atoms with Gasteiger partial charge >= 0.3 is 6.18 Å². The van der Waals surface area contributed by atoms with Crippen molar-refractivity contribution in [3.8, 4) is 0 Å². The molecule has 1 saturated carbocycles. The van der Waals surface area contributed by atoms with Gasteiger partial charge in [0.1, 0.15) is 5.82 Å². The van der Waals surface area contributed by atoms with Crippen molar-refractivity contribution in [3.63, 3.8) is 0 Å². The summed E-state index contributed by atoms with van der Waals surface area (Å²) in [4.78, 5) is 2.26. The largest absolute Gasteiger partial charge is 0.451 e. The van der Waals surface area contributed by atoms with Gasteiger partial charge in [-0.25, -0.2) is 0 Å². The van der Waals surface area contributed by atoms with E-state index in [-0.39, 0.29) is 17.5 Å². The van der Waals surface area contributed by atoms with E-state index in [2.05, 4.69) is 28.1 Å². The summed E-state index contributed by atoms with van der Waals surface area (Å²) in [5, 5.41) is 7.91. The van der Waals surface area contributed by atoms with Gasteiger partial charge < -0.3 is 10.3 Å². The number of hydrogen-bond acceptors (Lipinski definition) is 4. The molecule has 29 heavy (non-hydrogen) atoms. The second kappa shape index (κ2) is 7.25. The molecule has 1 aromatic carbocycles. The second-order valence-corrected chi connectivity index (χ2v) is 8.94. The molecule has 1 aliphatic carbocycles. The van der Waals surface area contributed by atoms with Crippen molar-refractivity contribution in [1.29, 1.82) is 0 Å². The van der Waals surface area contributed by atoms with Gasteiger partial charge in [-0.05, 0) is 50.3 Å². The van der Waals surface area contributed by atoms with Gasteiger partial charge in [0.15, 0.2) is 0 Å². The van der Waals surface area contributed by atoms with Crippen molar-refractivity contribution < 1.29 is 13.2 Å². The van der Waals surface area contributed by atoms with E-state index >= 15 is 0 Å². The molecule has 0 spiro atoms. The lowest BCUT2D eigenvalue weighted by molar-refractivity contribution is -0.148. The van der Waals surface area contributed by atoms with Crippen molar-refractivity contribution in [2.45, 2.75) is 62.8 Å². The Balaban J connectivity index is 1.51. The zero-order valence-corrected chi connectivity index (χ0v) is 17.1. The Labute approximate surface area is 173 Å². The molecule has 0 amide bonds. The van der Waals surface area contributed by atoms with Crippen LogP contribution in [0.25, 0.3) is 0 Å². The third-order valence-corrected chi connectivity index (χ3v) is 7.12. The molecule has 1 aromatic heterocycles. The van der Waals surface area contributed by atoms with E-state index in [1.807, 2.05) is 18.2 Å². The highest BCUT2D eigenvalue weighted by atomic mass is 35.5. The monoisotopic (exact) mass is 427 g/mol. The maximum Gasteiger partial charge on any atom is 0.451 e. The molecule has 2 N–H and O–H groups in total. The highest BCUT2D eigenvalue weighted by Gasteiger charge is 2.46. The van der Waals surface area contributed by atoms with Crippen LogP contribution in [0.1, 0.15) is 49.8 Å². The normalized spacial score (nSPS) is 28.3. The lowest BCUT2D eigenvalue weighted by atomic mass is 9.64. The predicted molar refractivity (Wildman–Crippen MR) is 104 cm³/mol. The first-order valence-corrected chi connectivity index (χ1v) is 10.3. The number of hydrogen-bond donors (Lipinski definition) is 1. The predicted octanol–water partition coefficient (Wildman–Crippen LogP) is 4.00. The smallest absolute Gasteiger partial charge is 0.330 e. The number of alkyl halides is 3. The molecule has 158 valence electrons. The third kappa shape index (κ3) is 3.66. The molecule has 2 aliphatic rings. The number of fused-ring (bicyclic) bond motifs is 1. The van der Waals surface area contributed by atoms with Crippen LogP contribution in [0, 0.1) is 0 Å². The van der Waals surface area contributed by atoms with E-state index in [1.54, 1.807) is 0 Å². The number of rotatable bonds is 3. The van der Waals surface area contributed by atoms with E-state index in [9.17, 15) is 13.2 Å². The van der Waals surface area contributed by atoms with Gasteiger partial charge in [0.25, 0.3) is 0 Å². The van der Waals surface area contributed by atoms with E-state index < -0.39 is 12.0 Å². The zero-order chi connectivity index (χ0) is 20.9. The fourth-order valence-corrected chi connectivity index (χ4v) is 5.03. The molecule has 5 nitrogen and oxygen atoms in total. The molecule has 0 saturated heterocycles. The first kappa shape index (κ1) is 20.6. The van der Waals surface area contributed by atoms with E-state index in [1.165, 1.54) is 10.1 Å². The maximum atomic E-state index is 13.1. The number of benzene rings is 1. The first-order chi connectivity index (χ1) is 13.7. The van der Waals surface area contributed by atoms with Crippen molar-refractivity contribution >= 4 is 11.6 Å². The van der Waals surface area contributed by atoms with Crippen LogP contribution in [0.15, 0.2) is 24.3 Å². The van der Waals surface area contributed by atoms with Gasteiger partial charge in [0, 0.05) is 35.6 Å². The van der Waals surface area contributed by atoms with Crippen molar-refractivity contribution in [2.75, 3.05) is 13.1 Å². The summed E-state index contributed by atoms with van der Waals surface area (Å²) in [5.41, 5.74) is 7.17. The molecule has 0 radical (unpaired) electrons. The van der Waals surface area contributed by atoms with Crippen LogP contribution in [0.3, 0.4) is 0 Å². The van der Waals surface area contributed by atoms with Crippen LogP contribution >= 0.6 is 11.6 Å². The molecule has 1 fully saturated rings. The van der Waals surface area contributed by atoms with E-state index in [0.29, 0.717) is 30.5 Å². The summed E-state index contributed by atoms with van der Waals surface area (Å²) in [6.07, 6.45) is -0.817. The molecular weight excluding hydrogens is 403 g/mol. The number of nitrogens with two attached hydrogens (primary N) is 1. The molecule has 0 atom stereocenters. The molecule has 4 rings (SSSR count). The lowest BCUT2D eigenvalue weighted by Gasteiger charge is -2.51. The quantitative estimate of drug-likeness (QED) is 0.804. The molecule has 2 heterocycles. The first-order valence-electron chi connectivity index (χ1n) is 9.87. The number of aromatic nitrogens is 3. The molecule has 2 aromatic rings. The minimum atomic E-state index is -4.47. The molecule has 0 bridgehead atoms. The Morgan fingerprint density at radius 2 is 1.86 bits per heavy atom. The standard InChI is InChI=1S/C20H25ClF3N5/c1-18(28-9-10-29-16(12-28)26-27-17(29)20(22,23)24)5-7-19(13-25,8-6-18)14-3-2-4-15(21)11-14/h2-4,11H,5-10,12-13,25H2,1H3/t18-,19-. The summed E-state index contributed by atoms with van der Waals surface area (Å²) in [6.45, 7) is 3.93. The van der Waals surface area contributed by atoms with Crippen molar-refractivity contribution in [1.82, 2.24) is 19.7 Å². The average Bonchev–Trinajstić information content (AvgIpc) is 3.13. The topological polar surface area (TPSA) is 60.0 Å². The SMILES string of the molecule is C[C@]1(N2CCn3c(nnc3C(F)(F)F)C2)CC[C@](CN)(c2cccc(Cl)c2)CC1. The Bertz CT molecular complexity index is 886. The lowest BCUT2D eigenvalue weighted by Crippen LogP contribution is -2.54. The fraction of sp³-hybridized carbons (Fsp3) is 0.600. The van der Waals surface area contributed by atoms with Gasteiger partial charge in [-0.15, -0.1) is 10.2 Å².